The SMILES string of the molecule is CS(=O)(=O)N1CCCC1c1cccc2nccn12. The molecule has 0 spiro atoms. The molecule has 0 amide bonds. The molecule has 0 saturated carbocycles. The van der Waals surface area contributed by atoms with Crippen LogP contribution in [0.3, 0.4) is 0 Å². The lowest BCUT2D eigenvalue weighted by molar-refractivity contribution is 0.392. The van der Waals surface area contributed by atoms with Gasteiger partial charge in [0.1, 0.15) is 5.65 Å². The lowest BCUT2D eigenvalue weighted by atomic mass is 10.1. The highest BCUT2D eigenvalue weighted by molar-refractivity contribution is 7.88. The van der Waals surface area contributed by atoms with Crippen molar-refractivity contribution in [1.29, 1.82) is 0 Å². The normalized spacial score (nSPS) is 21.7. The van der Waals surface area contributed by atoms with Crippen LogP contribution in [0.5, 0.6) is 0 Å². The summed E-state index contributed by atoms with van der Waals surface area (Å²) in [7, 11) is -3.15. The molecule has 96 valence electrons. The highest BCUT2D eigenvalue weighted by Crippen LogP contribution is 2.33. The molecule has 0 bridgehead atoms. The fraction of sp³-hybridized carbons (Fsp3) is 0.417. The number of hydrogen-bond donors (Lipinski definition) is 0. The molecule has 0 N–H and O–H groups in total. The Morgan fingerprint density at radius 1 is 1.39 bits per heavy atom. The van der Waals surface area contributed by atoms with Crippen molar-refractivity contribution in [3.63, 3.8) is 0 Å². The van der Waals surface area contributed by atoms with E-state index in [1.54, 1.807) is 10.5 Å². The molecule has 5 nitrogen and oxygen atoms in total. The molecule has 1 fully saturated rings. The first kappa shape index (κ1) is 11.7. The Balaban J connectivity index is 2.12. The first-order chi connectivity index (χ1) is 8.57. The summed E-state index contributed by atoms with van der Waals surface area (Å²) in [4.78, 5) is 4.23. The third-order valence-corrected chi connectivity index (χ3v) is 4.72. The van der Waals surface area contributed by atoms with Crippen LogP contribution in [0.4, 0.5) is 0 Å². The Bertz CT molecular complexity index is 677. The first-order valence-corrected chi connectivity index (χ1v) is 7.81. The minimum Gasteiger partial charge on any atom is -0.302 e. The average Bonchev–Trinajstić information content (AvgIpc) is 2.96. The van der Waals surface area contributed by atoms with E-state index >= 15 is 0 Å². The van der Waals surface area contributed by atoms with Gasteiger partial charge in [-0.3, -0.25) is 0 Å². The summed E-state index contributed by atoms with van der Waals surface area (Å²) in [6, 6.07) is 5.75. The molecule has 3 rings (SSSR count). The molecule has 3 heterocycles. The summed E-state index contributed by atoms with van der Waals surface area (Å²) >= 11 is 0. The molecule has 2 aromatic rings. The van der Waals surface area contributed by atoms with Gasteiger partial charge in [0.15, 0.2) is 0 Å². The standard InChI is InChI=1S/C12H15N3O2S/c1-18(16,17)15-8-3-5-11(15)10-4-2-6-12-13-7-9-14(10)12/h2,4,6-7,9,11H,3,5,8H2,1H3. The zero-order chi connectivity index (χ0) is 12.8. The Labute approximate surface area is 106 Å². The van der Waals surface area contributed by atoms with Crippen molar-refractivity contribution in [1.82, 2.24) is 13.7 Å². The van der Waals surface area contributed by atoms with Gasteiger partial charge in [0.2, 0.25) is 10.0 Å². The van der Waals surface area contributed by atoms with E-state index in [1.807, 2.05) is 28.8 Å². The summed E-state index contributed by atoms with van der Waals surface area (Å²) in [6.07, 6.45) is 6.66. The van der Waals surface area contributed by atoms with E-state index in [-0.39, 0.29) is 6.04 Å². The van der Waals surface area contributed by atoms with Crippen LogP contribution >= 0.6 is 0 Å². The molecule has 0 aromatic carbocycles. The molecule has 1 aliphatic heterocycles. The maximum absolute atomic E-state index is 11.8. The second-order valence-electron chi connectivity index (χ2n) is 4.64. The number of nitrogens with zero attached hydrogens (tertiary/aromatic N) is 3. The molecule has 1 atom stereocenters. The van der Waals surface area contributed by atoms with E-state index in [2.05, 4.69) is 4.98 Å². The van der Waals surface area contributed by atoms with Gasteiger partial charge in [-0.1, -0.05) is 6.07 Å². The van der Waals surface area contributed by atoms with Gasteiger partial charge < -0.3 is 4.40 Å². The third-order valence-electron chi connectivity index (χ3n) is 3.43. The average molecular weight is 265 g/mol. The smallest absolute Gasteiger partial charge is 0.211 e. The summed E-state index contributed by atoms with van der Waals surface area (Å²) in [5.41, 5.74) is 1.85. The summed E-state index contributed by atoms with van der Waals surface area (Å²) in [5, 5.41) is 0. The predicted octanol–water partition coefficient (Wildman–Crippen LogP) is 1.43. The van der Waals surface area contributed by atoms with Crippen LogP contribution in [0, 0.1) is 0 Å². The van der Waals surface area contributed by atoms with Gasteiger partial charge in [-0.25, -0.2) is 13.4 Å². The fourth-order valence-electron chi connectivity index (χ4n) is 2.67. The van der Waals surface area contributed by atoms with E-state index in [4.69, 9.17) is 0 Å². The van der Waals surface area contributed by atoms with Gasteiger partial charge in [0, 0.05) is 24.6 Å². The second-order valence-corrected chi connectivity index (χ2v) is 6.57. The summed E-state index contributed by atoms with van der Waals surface area (Å²) in [5.74, 6) is 0. The maximum atomic E-state index is 11.8. The molecule has 1 saturated heterocycles. The van der Waals surface area contributed by atoms with Gasteiger partial charge >= 0.3 is 0 Å². The van der Waals surface area contributed by atoms with Gasteiger partial charge in [0.25, 0.3) is 0 Å². The van der Waals surface area contributed by atoms with Gasteiger partial charge in [-0.2, -0.15) is 4.31 Å². The van der Waals surface area contributed by atoms with Gasteiger partial charge in [-0.15, -0.1) is 0 Å². The molecule has 0 radical (unpaired) electrons. The molecule has 1 unspecified atom stereocenters. The lowest BCUT2D eigenvalue weighted by Crippen LogP contribution is -2.30. The van der Waals surface area contributed by atoms with Crippen molar-refractivity contribution in [2.24, 2.45) is 0 Å². The topological polar surface area (TPSA) is 54.7 Å². The lowest BCUT2D eigenvalue weighted by Gasteiger charge is -2.23. The van der Waals surface area contributed by atoms with Crippen LogP contribution in [0.15, 0.2) is 30.6 Å². The minimum atomic E-state index is -3.15. The maximum Gasteiger partial charge on any atom is 0.211 e. The van der Waals surface area contributed by atoms with Crippen molar-refractivity contribution in [2.45, 2.75) is 18.9 Å². The molecular weight excluding hydrogens is 250 g/mol. The van der Waals surface area contributed by atoms with Crippen LogP contribution in [-0.4, -0.2) is 34.9 Å². The molecule has 2 aromatic heterocycles. The van der Waals surface area contributed by atoms with E-state index in [9.17, 15) is 8.42 Å². The highest BCUT2D eigenvalue weighted by Gasteiger charge is 2.33. The van der Waals surface area contributed by atoms with Gasteiger partial charge in [0.05, 0.1) is 12.3 Å². The van der Waals surface area contributed by atoms with Crippen LogP contribution in [0.2, 0.25) is 0 Å². The Morgan fingerprint density at radius 3 is 3.00 bits per heavy atom. The van der Waals surface area contributed by atoms with Crippen molar-refractivity contribution in [3.8, 4) is 0 Å². The Hall–Kier alpha value is -1.40. The number of imidazole rings is 1. The van der Waals surface area contributed by atoms with Crippen LogP contribution in [0.1, 0.15) is 24.6 Å². The number of hydrogen-bond acceptors (Lipinski definition) is 3. The van der Waals surface area contributed by atoms with E-state index in [1.165, 1.54) is 6.26 Å². The fourth-order valence-corrected chi connectivity index (χ4v) is 3.81. The monoisotopic (exact) mass is 265 g/mol. The highest BCUT2D eigenvalue weighted by atomic mass is 32.2. The quantitative estimate of drug-likeness (QED) is 0.825. The zero-order valence-corrected chi connectivity index (χ0v) is 11.0. The number of sulfonamides is 1. The van der Waals surface area contributed by atoms with Crippen molar-refractivity contribution < 1.29 is 8.42 Å². The first-order valence-electron chi connectivity index (χ1n) is 5.96. The number of fused-ring (bicyclic) bond motifs is 1. The van der Waals surface area contributed by atoms with E-state index < -0.39 is 10.0 Å². The summed E-state index contributed by atoms with van der Waals surface area (Å²) in [6.45, 7) is 0.606. The Kier molecular flexibility index (Phi) is 2.64. The Morgan fingerprint density at radius 2 is 2.22 bits per heavy atom. The zero-order valence-electron chi connectivity index (χ0n) is 10.2. The van der Waals surface area contributed by atoms with Gasteiger partial charge in [-0.05, 0) is 25.0 Å². The van der Waals surface area contributed by atoms with Crippen LogP contribution in [-0.2, 0) is 10.0 Å². The largest absolute Gasteiger partial charge is 0.302 e. The number of pyridine rings is 1. The number of rotatable bonds is 2. The molecular formula is C12H15N3O2S. The minimum absolute atomic E-state index is 0.0714. The second kappa shape index (κ2) is 4.07. The van der Waals surface area contributed by atoms with Crippen molar-refractivity contribution >= 4 is 15.7 Å². The van der Waals surface area contributed by atoms with E-state index in [0.29, 0.717) is 6.54 Å². The van der Waals surface area contributed by atoms with Crippen molar-refractivity contribution in [3.05, 3.63) is 36.3 Å². The molecule has 0 aliphatic carbocycles. The van der Waals surface area contributed by atoms with E-state index in [0.717, 1.165) is 24.2 Å². The molecule has 1 aliphatic rings. The number of aromatic nitrogens is 2. The third kappa shape index (κ3) is 1.81. The molecule has 6 heteroatoms. The van der Waals surface area contributed by atoms with Crippen LogP contribution < -0.4 is 0 Å². The summed E-state index contributed by atoms with van der Waals surface area (Å²) < 4.78 is 27.1. The molecule has 18 heavy (non-hydrogen) atoms. The van der Waals surface area contributed by atoms with Crippen LogP contribution in [0.25, 0.3) is 5.65 Å². The van der Waals surface area contributed by atoms with Crippen molar-refractivity contribution in [2.75, 3.05) is 12.8 Å². The predicted molar refractivity (Wildman–Crippen MR) is 68.7 cm³/mol.